The Bertz CT molecular complexity index is 517. The Balaban J connectivity index is 1.66. The average molecular weight is 286 g/mol. The van der Waals surface area contributed by atoms with Gasteiger partial charge in [0.1, 0.15) is 12.4 Å². The molecule has 0 bridgehead atoms. The minimum Gasteiger partial charge on any atom is -0.494 e. The zero-order chi connectivity index (χ0) is 14.8. The summed E-state index contributed by atoms with van der Waals surface area (Å²) in [5, 5.41) is 3.35. The lowest BCUT2D eigenvalue weighted by atomic mass is 10.2. The molecular weight excluding hydrogens is 264 g/mol. The number of nitrogens with zero attached hydrogens (tertiary/aromatic N) is 1. The Kier molecular flexibility index (Phi) is 6.55. The van der Waals surface area contributed by atoms with Gasteiger partial charge in [-0.15, -0.1) is 0 Å². The molecule has 4 nitrogen and oxygen atoms in total. The maximum atomic E-state index is 5.62. The van der Waals surface area contributed by atoms with Crippen molar-refractivity contribution in [2.75, 3.05) is 19.8 Å². The highest BCUT2D eigenvalue weighted by molar-refractivity contribution is 5.28. The lowest BCUT2D eigenvalue weighted by molar-refractivity contribution is 0.302. The van der Waals surface area contributed by atoms with Crippen LogP contribution in [0.15, 0.2) is 48.7 Å². The van der Waals surface area contributed by atoms with Gasteiger partial charge in [0.2, 0.25) is 5.88 Å². The molecule has 2 aromatic rings. The Morgan fingerprint density at radius 1 is 1.05 bits per heavy atom. The molecule has 0 saturated heterocycles. The van der Waals surface area contributed by atoms with Crippen LogP contribution in [0, 0.1) is 0 Å². The van der Waals surface area contributed by atoms with Gasteiger partial charge in [-0.1, -0.05) is 25.1 Å². The van der Waals surface area contributed by atoms with Crippen molar-refractivity contribution in [3.63, 3.8) is 0 Å². The van der Waals surface area contributed by atoms with Crippen LogP contribution in [0.5, 0.6) is 11.6 Å². The van der Waals surface area contributed by atoms with Crippen molar-refractivity contribution in [2.24, 2.45) is 0 Å². The van der Waals surface area contributed by atoms with Gasteiger partial charge in [0, 0.05) is 25.4 Å². The number of hydrogen-bond acceptors (Lipinski definition) is 4. The quantitative estimate of drug-likeness (QED) is 0.720. The highest BCUT2D eigenvalue weighted by Crippen LogP contribution is 2.13. The molecule has 21 heavy (non-hydrogen) atoms. The Labute approximate surface area is 126 Å². The minimum absolute atomic E-state index is 0.600. The van der Waals surface area contributed by atoms with Crippen LogP contribution in [0.3, 0.4) is 0 Å². The summed E-state index contributed by atoms with van der Waals surface area (Å²) in [6.07, 6.45) is 2.75. The van der Waals surface area contributed by atoms with E-state index >= 15 is 0 Å². The van der Waals surface area contributed by atoms with Crippen molar-refractivity contribution in [3.05, 3.63) is 54.2 Å². The first-order valence-electron chi connectivity index (χ1n) is 7.35. The molecule has 0 aliphatic rings. The number of aromatic nitrogens is 1. The molecule has 0 aliphatic heterocycles. The first-order valence-corrected chi connectivity index (χ1v) is 7.35. The zero-order valence-electron chi connectivity index (χ0n) is 12.4. The van der Waals surface area contributed by atoms with E-state index in [1.165, 1.54) is 5.56 Å². The van der Waals surface area contributed by atoms with Gasteiger partial charge in [-0.25, -0.2) is 4.98 Å². The summed E-state index contributed by atoms with van der Waals surface area (Å²) in [7, 11) is 0. The molecule has 0 spiro atoms. The van der Waals surface area contributed by atoms with Crippen LogP contribution in [-0.2, 0) is 6.54 Å². The molecule has 1 heterocycles. The number of nitrogens with one attached hydrogen (secondary N) is 1. The van der Waals surface area contributed by atoms with Gasteiger partial charge in [-0.05, 0) is 30.2 Å². The van der Waals surface area contributed by atoms with E-state index in [1.807, 2.05) is 30.3 Å². The highest BCUT2D eigenvalue weighted by atomic mass is 16.5. The van der Waals surface area contributed by atoms with Crippen LogP contribution in [0.4, 0.5) is 0 Å². The predicted molar refractivity (Wildman–Crippen MR) is 83.7 cm³/mol. The first-order chi connectivity index (χ1) is 10.4. The van der Waals surface area contributed by atoms with Gasteiger partial charge in [-0.3, -0.25) is 0 Å². The summed E-state index contributed by atoms with van der Waals surface area (Å²) in [4.78, 5) is 4.11. The number of rotatable bonds is 9. The molecule has 0 fully saturated rings. The molecule has 0 amide bonds. The molecule has 4 heteroatoms. The molecule has 1 N–H and O–H groups in total. The monoisotopic (exact) mass is 286 g/mol. The fourth-order valence-corrected chi connectivity index (χ4v) is 1.86. The molecule has 0 unspecified atom stereocenters. The maximum absolute atomic E-state index is 5.62. The van der Waals surface area contributed by atoms with Gasteiger partial charge < -0.3 is 14.8 Å². The van der Waals surface area contributed by atoms with Gasteiger partial charge in [0.05, 0.1) is 6.61 Å². The van der Waals surface area contributed by atoms with Gasteiger partial charge in [-0.2, -0.15) is 0 Å². The largest absolute Gasteiger partial charge is 0.494 e. The molecule has 0 saturated carbocycles. The van der Waals surface area contributed by atoms with E-state index in [0.717, 1.165) is 31.9 Å². The summed E-state index contributed by atoms with van der Waals surface area (Å²) < 4.78 is 11.1. The summed E-state index contributed by atoms with van der Waals surface area (Å²) in [5.41, 5.74) is 1.21. The normalized spacial score (nSPS) is 10.3. The first kappa shape index (κ1) is 15.3. The van der Waals surface area contributed by atoms with Crippen molar-refractivity contribution in [2.45, 2.75) is 19.9 Å². The molecule has 1 aromatic heterocycles. The molecule has 112 valence electrons. The van der Waals surface area contributed by atoms with E-state index in [-0.39, 0.29) is 0 Å². The second kappa shape index (κ2) is 8.97. The third-order valence-electron chi connectivity index (χ3n) is 2.87. The van der Waals surface area contributed by atoms with E-state index in [2.05, 4.69) is 29.4 Å². The SMILES string of the molecule is CCCOc1cccc(CNCCOc2ccccn2)c1. The lowest BCUT2D eigenvalue weighted by Gasteiger charge is -2.09. The topological polar surface area (TPSA) is 43.4 Å². The second-order valence-electron chi connectivity index (χ2n) is 4.69. The Morgan fingerprint density at radius 2 is 2.00 bits per heavy atom. The van der Waals surface area contributed by atoms with Crippen molar-refractivity contribution in [1.82, 2.24) is 10.3 Å². The number of hydrogen-bond donors (Lipinski definition) is 1. The number of pyridine rings is 1. The van der Waals surface area contributed by atoms with Crippen LogP contribution in [0.2, 0.25) is 0 Å². The number of ether oxygens (including phenoxy) is 2. The van der Waals surface area contributed by atoms with Crippen LogP contribution in [0.1, 0.15) is 18.9 Å². The van der Waals surface area contributed by atoms with Gasteiger partial charge in [0.15, 0.2) is 0 Å². The van der Waals surface area contributed by atoms with Gasteiger partial charge >= 0.3 is 0 Å². The minimum atomic E-state index is 0.600. The molecule has 0 atom stereocenters. The molecule has 0 aliphatic carbocycles. The van der Waals surface area contributed by atoms with Crippen molar-refractivity contribution < 1.29 is 9.47 Å². The molecule has 1 aromatic carbocycles. The lowest BCUT2D eigenvalue weighted by Crippen LogP contribution is -2.20. The van der Waals surface area contributed by atoms with Crippen molar-refractivity contribution in [1.29, 1.82) is 0 Å². The average Bonchev–Trinajstić information content (AvgIpc) is 2.54. The van der Waals surface area contributed by atoms with E-state index in [9.17, 15) is 0 Å². The van der Waals surface area contributed by atoms with Crippen LogP contribution in [0.25, 0.3) is 0 Å². The maximum Gasteiger partial charge on any atom is 0.213 e. The standard InChI is InChI=1S/C17H22N2O2/c1-2-11-20-16-7-5-6-15(13-16)14-18-10-12-21-17-8-3-4-9-19-17/h3-9,13,18H,2,10-12,14H2,1H3. The summed E-state index contributed by atoms with van der Waals surface area (Å²) in [6, 6.07) is 13.8. The van der Waals surface area contributed by atoms with E-state index < -0.39 is 0 Å². The third-order valence-corrected chi connectivity index (χ3v) is 2.87. The summed E-state index contributed by atoms with van der Waals surface area (Å²) in [6.45, 7) is 5.04. The molecule has 2 rings (SSSR count). The number of benzene rings is 1. The van der Waals surface area contributed by atoms with E-state index in [4.69, 9.17) is 9.47 Å². The fourth-order valence-electron chi connectivity index (χ4n) is 1.86. The van der Waals surface area contributed by atoms with Crippen LogP contribution < -0.4 is 14.8 Å². The Morgan fingerprint density at radius 3 is 2.81 bits per heavy atom. The van der Waals surface area contributed by atoms with Gasteiger partial charge in [0.25, 0.3) is 0 Å². The van der Waals surface area contributed by atoms with Crippen LogP contribution >= 0.6 is 0 Å². The predicted octanol–water partition coefficient (Wildman–Crippen LogP) is 3.04. The molecule has 0 radical (unpaired) electrons. The smallest absolute Gasteiger partial charge is 0.213 e. The second-order valence-corrected chi connectivity index (χ2v) is 4.69. The highest BCUT2D eigenvalue weighted by Gasteiger charge is 1.97. The van der Waals surface area contributed by atoms with E-state index in [0.29, 0.717) is 12.5 Å². The summed E-state index contributed by atoms with van der Waals surface area (Å²) in [5.74, 6) is 1.59. The Hall–Kier alpha value is -2.07. The van der Waals surface area contributed by atoms with Crippen molar-refractivity contribution in [3.8, 4) is 11.6 Å². The third kappa shape index (κ3) is 5.83. The van der Waals surface area contributed by atoms with E-state index in [1.54, 1.807) is 6.20 Å². The zero-order valence-corrected chi connectivity index (χ0v) is 12.4. The molecular formula is C17H22N2O2. The fraction of sp³-hybridized carbons (Fsp3) is 0.353. The van der Waals surface area contributed by atoms with Crippen LogP contribution in [-0.4, -0.2) is 24.7 Å². The van der Waals surface area contributed by atoms with Crippen molar-refractivity contribution >= 4 is 0 Å². The summed E-state index contributed by atoms with van der Waals surface area (Å²) >= 11 is 0.